The van der Waals surface area contributed by atoms with Crippen molar-refractivity contribution in [2.24, 2.45) is 22.7 Å². The molecule has 5 amide bonds. The number of amides is 5. The lowest BCUT2D eigenvalue weighted by Crippen LogP contribution is -2.63. The van der Waals surface area contributed by atoms with E-state index in [1.165, 1.54) is 0 Å². The molecule has 3 rings (SSSR count). The second-order valence-electron chi connectivity index (χ2n) is 18.0. The summed E-state index contributed by atoms with van der Waals surface area (Å²) in [7, 11) is -3.54. The zero-order valence-corrected chi connectivity index (χ0v) is 33.2. The fraction of sp³-hybridized carbons (Fsp3) is 0.842. The Morgan fingerprint density at radius 2 is 1.62 bits per heavy atom. The van der Waals surface area contributed by atoms with E-state index in [0.717, 1.165) is 44.9 Å². The zero-order valence-electron chi connectivity index (χ0n) is 32.4. The second-order valence-corrected chi connectivity index (χ2v) is 20.7. The highest BCUT2D eigenvalue weighted by molar-refractivity contribution is 7.92. The number of carbonyl (C=O) groups is 4. The summed E-state index contributed by atoms with van der Waals surface area (Å²) in [6.07, 6.45) is 9.57. The van der Waals surface area contributed by atoms with Crippen LogP contribution in [0, 0.1) is 22.7 Å². The lowest BCUT2D eigenvalue weighted by Gasteiger charge is -2.41. The molecule has 1 saturated heterocycles. The largest absolute Gasteiger partial charge is 0.353 e. The molecule has 0 bridgehead atoms. The summed E-state index contributed by atoms with van der Waals surface area (Å²) < 4.78 is 25.8. The van der Waals surface area contributed by atoms with Gasteiger partial charge >= 0.3 is 6.03 Å². The lowest BCUT2D eigenvalue weighted by atomic mass is 9.79. The van der Waals surface area contributed by atoms with Crippen molar-refractivity contribution in [3.05, 3.63) is 12.7 Å². The molecule has 1 heterocycles. The van der Waals surface area contributed by atoms with Gasteiger partial charge in [-0.3, -0.25) is 14.4 Å². The molecule has 50 heavy (non-hydrogen) atoms. The number of carbonyl (C=O) groups excluding carboxylic acids is 4. The topological polar surface area (TPSA) is 154 Å². The van der Waals surface area contributed by atoms with Gasteiger partial charge in [-0.15, -0.1) is 6.58 Å². The first-order valence-corrected chi connectivity index (χ1v) is 20.5. The molecular weight excluding hydrogens is 655 g/mol. The number of nitrogens with one attached hydrogen (secondary N) is 4. The van der Waals surface area contributed by atoms with Crippen LogP contribution in [0.25, 0.3) is 0 Å². The molecular formula is C38H67N5O6S. The molecule has 1 aliphatic heterocycles. The van der Waals surface area contributed by atoms with E-state index in [0.29, 0.717) is 32.4 Å². The highest BCUT2D eigenvalue weighted by atomic mass is 32.2. The Kier molecular flexibility index (Phi) is 13.7. The number of unbranched alkanes of at least 4 members (excludes halogenated alkanes) is 1. The zero-order chi connectivity index (χ0) is 37.7. The number of sulfone groups is 1. The lowest BCUT2D eigenvalue weighted by molar-refractivity contribution is -0.143. The second kappa shape index (κ2) is 16.4. The number of hydrogen-bond acceptors (Lipinski definition) is 6. The van der Waals surface area contributed by atoms with Crippen molar-refractivity contribution in [3.8, 4) is 0 Å². The van der Waals surface area contributed by atoms with Crippen LogP contribution in [0.2, 0.25) is 0 Å². The van der Waals surface area contributed by atoms with Gasteiger partial charge in [-0.05, 0) is 75.5 Å². The van der Waals surface area contributed by atoms with Crippen molar-refractivity contribution in [3.63, 3.8) is 0 Å². The first-order chi connectivity index (χ1) is 23.1. The van der Waals surface area contributed by atoms with Gasteiger partial charge in [0.25, 0.3) is 0 Å². The van der Waals surface area contributed by atoms with Gasteiger partial charge in [0.1, 0.15) is 12.1 Å². The molecule has 3 fully saturated rings. The molecule has 0 aromatic carbocycles. The highest BCUT2D eigenvalue weighted by Crippen LogP contribution is 2.53. The van der Waals surface area contributed by atoms with Gasteiger partial charge in [-0.1, -0.05) is 79.7 Å². The molecule has 0 aromatic rings. The molecule has 286 valence electrons. The van der Waals surface area contributed by atoms with Gasteiger partial charge in [0.15, 0.2) is 9.84 Å². The number of hydrogen-bond donors (Lipinski definition) is 4. The summed E-state index contributed by atoms with van der Waals surface area (Å²) in [6.45, 7) is 21.5. The van der Waals surface area contributed by atoms with E-state index in [4.69, 9.17) is 0 Å². The number of urea groups is 1. The molecule has 2 saturated carbocycles. The van der Waals surface area contributed by atoms with Crippen molar-refractivity contribution >= 4 is 33.6 Å². The third-order valence-corrected chi connectivity index (χ3v) is 14.2. The van der Waals surface area contributed by atoms with E-state index in [9.17, 15) is 27.6 Å². The van der Waals surface area contributed by atoms with Crippen LogP contribution < -0.4 is 21.3 Å². The van der Waals surface area contributed by atoms with Crippen molar-refractivity contribution in [2.45, 2.75) is 161 Å². The van der Waals surface area contributed by atoms with Gasteiger partial charge in [-0.25, -0.2) is 13.2 Å². The summed E-state index contributed by atoms with van der Waals surface area (Å²) in [6, 6.07) is -2.66. The standard InChI is InChI=1S/C38H67N5O6S/c1-11-13-17-26(23-29(44)39-22-12-2)40-32(45)30-27-18-21-37(9,10)28(27)24-43(30)33(46)31(35(3,4)5)41-34(47)42-38(19-15-14-16-20-38)25-50(48,49)36(6,7)8/h12,26-28,30-31H,2,11,13-25H2,1,3-10H3,(H,39,44)(H,40,45)(H2,41,42,47)/t26?,27-,28-,30-,31+/m0/s1. The number of likely N-dealkylation sites (tertiary alicyclic amines) is 1. The maximum Gasteiger partial charge on any atom is 0.315 e. The first-order valence-electron chi connectivity index (χ1n) is 18.9. The molecule has 11 nitrogen and oxygen atoms in total. The number of nitrogens with zero attached hydrogens (tertiary/aromatic N) is 1. The van der Waals surface area contributed by atoms with Crippen LogP contribution in [0.1, 0.15) is 133 Å². The van der Waals surface area contributed by atoms with Gasteiger partial charge in [-0.2, -0.15) is 0 Å². The smallest absolute Gasteiger partial charge is 0.315 e. The molecule has 12 heteroatoms. The van der Waals surface area contributed by atoms with Gasteiger partial charge in [0.05, 0.1) is 16.0 Å². The molecule has 3 aliphatic rings. The Morgan fingerprint density at radius 1 is 0.980 bits per heavy atom. The van der Waals surface area contributed by atoms with Crippen LogP contribution in [0.5, 0.6) is 0 Å². The van der Waals surface area contributed by atoms with Crippen molar-refractivity contribution in [1.82, 2.24) is 26.2 Å². The molecule has 4 N–H and O–H groups in total. The molecule has 2 aliphatic carbocycles. The van der Waals surface area contributed by atoms with Crippen LogP contribution >= 0.6 is 0 Å². The van der Waals surface area contributed by atoms with Crippen LogP contribution in [0.3, 0.4) is 0 Å². The highest BCUT2D eigenvalue weighted by Gasteiger charge is 2.57. The average Bonchev–Trinajstić information content (AvgIpc) is 3.53. The number of fused-ring (bicyclic) bond motifs is 1. The summed E-state index contributed by atoms with van der Waals surface area (Å²) in [4.78, 5) is 57.2. The first kappa shape index (κ1) is 41.8. The molecule has 0 aromatic heterocycles. The van der Waals surface area contributed by atoms with Crippen LogP contribution in [0.15, 0.2) is 12.7 Å². The van der Waals surface area contributed by atoms with Crippen molar-refractivity contribution in [2.75, 3.05) is 18.8 Å². The summed E-state index contributed by atoms with van der Waals surface area (Å²) in [5.74, 6) is -0.853. The van der Waals surface area contributed by atoms with Crippen LogP contribution in [-0.2, 0) is 24.2 Å². The predicted octanol–water partition coefficient (Wildman–Crippen LogP) is 5.25. The SMILES string of the molecule is C=CCNC(=O)CC(CCCC)NC(=O)[C@@H]1[C@H]2CCC(C)(C)[C@H]2CN1C(=O)[C@@H](NC(=O)NC1(CS(=O)(=O)C(C)(C)C)CCCCC1)C(C)(C)C. The molecule has 0 spiro atoms. The van der Waals surface area contributed by atoms with Crippen molar-refractivity contribution < 1.29 is 27.6 Å². The molecule has 0 radical (unpaired) electrons. The minimum absolute atomic E-state index is 0.0436. The fourth-order valence-electron chi connectivity index (χ4n) is 8.17. The summed E-state index contributed by atoms with van der Waals surface area (Å²) >= 11 is 0. The van der Waals surface area contributed by atoms with E-state index < -0.39 is 43.7 Å². The predicted molar refractivity (Wildman–Crippen MR) is 199 cm³/mol. The minimum atomic E-state index is -3.54. The minimum Gasteiger partial charge on any atom is -0.353 e. The molecule has 1 unspecified atom stereocenters. The maximum absolute atomic E-state index is 14.7. The van der Waals surface area contributed by atoms with Crippen LogP contribution in [-0.4, -0.2) is 84.3 Å². The quantitative estimate of drug-likeness (QED) is 0.180. The number of rotatable bonds is 14. The van der Waals surface area contributed by atoms with E-state index in [-0.39, 0.29) is 53.2 Å². The van der Waals surface area contributed by atoms with E-state index in [1.807, 2.05) is 20.8 Å². The third-order valence-electron chi connectivity index (χ3n) is 11.4. The van der Waals surface area contributed by atoms with Gasteiger partial charge < -0.3 is 26.2 Å². The third kappa shape index (κ3) is 10.2. The van der Waals surface area contributed by atoms with Crippen LogP contribution in [0.4, 0.5) is 4.79 Å². The Balaban J connectivity index is 1.89. The Hall–Kier alpha value is -2.63. The van der Waals surface area contributed by atoms with E-state index >= 15 is 0 Å². The van der Waals surface area contributed by atoms with Crippen molar-refractivity contribution in [1.29, 1.82) is 0 Å². The Bertz CT molecular complexity index is 1340. The maximum atomic E-state index is 14.7. The van der Waals surface area contributed by atoms with E-state index in [2.05, 4.69) is 48.6 Å². The summed E-state index contributed by atoms with van der Waals surface area (Å²) in [5, 5.41) is 12.0. The average molecular weight is 722 g/mol. The normalized spacial score (nSPS) is 24.4. The Labute approximate surface area is 302 Å². The monoisotopic (exact) mass is 721 g/mol. The summed E-state index contributed by atoms with van der Waals surface area (Å²) in [5.41, 5.74) is -1.71. The van der Waals surface area contributed by atoms with Gasteiger partial charge in [0.2, 0.25) is 17.7 Å². The Morgan fingerprint density at radius 3 is 2.18 bits per heavy atom. The fourth-order valence-corrected chi connectivity index (χ4v) is 9.69. The molecule has 5 atom stereocenters. The van der Waals surface area contributed by atoms with Gasteiger partial charge in [0, 0.05) is 25.6 Å². The van der Waals surface area contributed by atoms with E-state index in [1.54, 1.807) is 31.7 Å².